The third-order valence-electron chi connectivity index (χ3n) is 3.62. The first-order valence-corrected chi connectivity index (χ1v) is 8.31. The maximum absolute atomic E-state index is 6.12. The Hall–Kier alpha value is -1.58. The van der Waals surface area contributed by atoms with Gasteiger partial charge in [-0.1, -0.05) is 67.4 Å². The highest BCUT2D eigenvalue weighted by Crippen LogP contribution is 2.20. The van der Waals surface area contributed by atoms with Crippen molar-refractivity contribution in [1.82, 2.24) is 5.32 Å². The number of hydrogen-bond acceptors (Lipinski definition) is 1. The lowest BCUT2D eigenvalue weighted by Crippen LogP contribution is -2.33. The molecule has 0 aliphatic carbocycles. The lowest BCUT2D eigenvalue weighted by atomic mass is 9.97. The normalized spacial score (nSPS) is 11.7. The first kappa shape index (κ1) is 16.8. The van der Waals surface area contributed by atoms with Gasteiger partial charge in [0.15, 0.2) is 5.11 Å². The fraction of sp³-hybridized carbons (Fsp3) is 0.278. The second kappa shape index (κ2) is 8.76. The molecule has 0 radical (unpaired) electrons. The molecule has 2 nitrogen and oxygen atoms in total. The van der Waals surface area contributed by atoms with E-state index in [0.29, 0.717) is 16.1 Å². The second-order valence-corrected chi connectivity index (χ2v) is 6.09. The van der Waals surface area contributed by atoms with E-state index in [4.69, 9.17) is 23.8 Å². The predicted molar refractivity (Wildman–Crippen MR) is 99.6 cm³/mol. The maximum atomic E-state index is 6.12. The van der Waals surface area contributed by atoms with E-state index >= 15 is 0 Å². The van der Waals surface area contributed by atoms with Gasteiger partial charge >= 0.3 is 0 Å². The molecule has 2 aromatic carbocycles. The summed E-state index contributed by atoms with van der Waals surface area (Å²) < 4.78 is 0. The first-order valence-electron chi connectivity index (χ1n) is 7.52. The Bertz CT molecular complexity index is 601. The summed E-state index contributed by atoms with van der Waals surface area (Å²) in [7, 11) is 0. The summed E-state index contributed by atoms with van der Waals surface area (Å²) in [5, 5.41) is 7.71. The van der Waals surface area contributed by atoms with E-state index in [2.05, 4.69) is 41.8 Å². The molecule has 2 N–H and O–H groups in total. The average molecular weight is 333 g/mol. The Balaban J connectivity index is 1.83. The van der Waals surface area contributed by atoms with Gasteiger partial charge in [0.05, 0.1) is 10.7 Å². The molecule has 0 bridgehead atoms. The summed E-state index contributed by atoms with van der Waals surface area (Å²) in [5.74, 6) is 0.549. The van der Waals surface area contributed by atoms with Gasteiger partial charge in [-0.05, 0) is 42.3 Å². The van der Waals surface area contributed by atoms with Crippen molar-refractivity contribution in [3.05, 3.63) is 65.2 Å². The van der Waals surface area contributed by atoms with Crippen LogP contribution < -0.4 is 10.6 Å². The lowest BCUT2D eigenvalue weighted by molar-refractivity contribution is 0.498. The summed E-state index contributed by atoms with van der Waals surface area (Å²) in [6.45, 7) is 3.06. The van der Waals surface area contributed by atoms with Crippen LogP contribution in [0.5, 0.6) is 0 Å². The highest BCUT2D eigenvalue weighted by atomic mass is 35.5. The first-order chi connectivity index (χ1) is 10.7. The summed E-state index contributed by atoms with van der Waals surface area (Å²) in [6, 6.07) is 18.1. The molecule has 0 aliphatic rings. The van der Waals surface area contributed by atoms with Gasteiger partial charge in [-0.2, -0.15) is 0 Å². The van der Waals surface area contributed by atoms with Gasteiger partial charge in [-0.25, -0.2) is 0 Å². The van der Waals surface area contributed by atoms with Gasteiger partial charge in [0, 0.05) is 6.54 Å². The van der Waals surface area contributed by atoms with Gasteiger partial charge in [0.2, 0.25) is 0 Å². The van der Waals surface area contributed by atoms with Crippen LogP contribution in [0.3, 0.4) is 0 Å². The minimum atomic E-state index is 0.549. The molecule has 1 atom stereocenters. The van der Waals surface area contributed by atoms with Crippen molar-refractivity contribution in [2.24, 2.45) is 5.92 Å². The van der Waals surface area contributed by atoms with Gasteiger partial charge in [-0.15, -0.1) is 0 Å². The zero-order chi connectivity index (χ0) is 15.8. The van der Waals surface area contributed by atoms with Crippen molar-refractivity contribution in [3.8, 4) is 0 Å². The maximum Gasteiger partial charge on any atom is 0.170 e. The molecular weight excluding hydrogens is 312 g/mol. The standard InChI is InChI=1S/C18H21ClN2S/c1-2-14(12-15-8-4-3-5-9-15)13-20-18(22)21-17-11-7-6-10-16(17)19/h3-11,14H,2,12-13H2,1H3,(H2,20,21,22)/t14-/m0/s1. The van der Waals surface area contributed by atoms with Crippen LogP contribution in [0.4, 0.5) is 5.69 Å². The number of halogens is 1. The molecule has 0 amide bonds. The molecule has 0 saturated carbocycles. The number of para-hydroxylation sites is 1. The lowest BCUT2D eigenvalue weighted by Gasteiger charge is -2.18. The van der Waals surface area contributed by atoms with Crippen molar-refractivity contribution >= 4 is 34.6 Å². The Kier molecular flexibility index (Phi) is 6.69. The molecule has 0 heterocycles. The number of rotatable bonds is 6. The number of thiocarbonyl (C=S) groups is 1. The minimum Gasteiger partial charge on any atom is -0.362 e. The van der Waals surface area contributed by atoms with Gasteiger partial charge < -0.3 is 10.6 Å². The summed E-state index contributed by atoms with van der Waals surface area (Å²) in [4.78, 5) is 0. The summed E-state index contributed by atoms with van der Waals surface area (Å²) >= 11 is 11.5. The smallest absolute Gasteiger partial charge is 0.170 e. The zero-order valence-corrected chi connectivity index (χ0v) is 14.3. The molecule has 2 aromatic rings. The third kappa shape index (κ3) is 5.32. The van der Waals surface area contributed by atoms with Crippen LogP contribution in [0.25, 0.3) is 0 Å². The van der Waals surface area contributed by atoms with E-state index in [9.17, 15) is 0 Å². The zero-order valence-electron chi connectivity index (χ0n) is 12.7. The second-order valence-electron chi connectivity index (χ2n) is 5.28. The van der Waals surface area contributed by atoms with Crippen molar-refractivity contribution in [2.45, 2.75) is 19.8 Å². The number of benzene rings is 2. The Morgan fingerprint density at radius 1 is 1.09 bits per heavy atom. The quantitative estimate of drug-likeness (QED) is 0.736. The van der Waals surface area contributed by atoms with Crippen molar-refractivity contribution in [1.29, 1.82) is 0 Å². The van der Waals surface area contributed by atoms with Crippen molar-refractivity contribution < 1.29 is 0 Å². The monoisotopic (exact) mass is 332 g/mol. The van der Waals surface area contributed by atoms with E-state index in [1.165, 1.54) is 5.56 Å². The molecular formula is C18H21ClN2S. The van der Waals surface area contributed by atoms with Crippen molar-refractivity contribution in [3.63, 3.8) is 0 Å². The Morgan fingerprint density at radius 3 is 2.45 bits per heavy atom. The Labute approximate surface area is 142 Å². The topological polar surface area (TPSA) is 24.1 Å². The summed E-state index contributed by atoms with van der Waals surface area (Å²) in [6.07, 6.45) is 2.16. The van der Waals surface area contributed by atoms with Crippen LogP contribution in [-0.4, -0.2) is 11.7 Å². The number of hydrogen-bond donors (Lipinski definition) is 2. The van der Waals surface area contributed by atoms with E-state index in [1.807, 2.05) is 30.3 Å². The van der Waals surface area contributed by atoms with Crippen LogP contribution in [0.15, 0.2) is 54.6 Å². The molecule has 0 fully saturated rings. The molecule has 0 saturated heterocycles. The fourth-order valence-corrected chi connectivity index (χ4v) is 2.65. The minimum absolute atomic E-state index is 0.549. The molecule has 0 spiro atoms. The largest absolute Gasteiger partial charge is 0.362 e. The van der Waals surface area contributed by atoms with E-state index in [-0.39, 0.29) is 0 Å². The number of nitrogens with one attached hydrogen (secondary N) is 2. The predicted octanol–water partition coefficient (Wildman–Crippen LogP) is 4.90. The van der Waals surface area contributed by atoms with Crippen LogP contribution in [-0.2, 0) is 6.42 Å². The summed E-state index contributed by atoms with van der Waals surface area (Å²) in [5.41, 5.74) is 2.19. The van der Waals surface area contributed by atoms with Crippen LogP contribution in [0, 0.1) is 5.92 Å². The molecule has 4 heteroatoms. The SMILES string of the molecule is CC[C@H](CNC(=S)Nc1ccccc1Cl)Cc1ccccc1. The highest BCUT2D eigenvalue weighted by Gasteiger charge is 2.09. The highest BCUT2D eigenvalue weighted by molar-refractivity contribution is 7.80. The van der Waals surface area contributed by atoms with Crippen molar-refractivity contribution in [2.75, 3.05) is 11.9 Å². The fourth-order valence-electron chi connectivity index (χ4n) is 2.27. The van der Waals surface area contributed by atoms with E-state index in [0.717, 1.165) is 25.1 Å². The van der Waals surface area contributed by atoms with Gasteiger partial charge in [0.25, 0.3) is 0 Å². The molecule has 116 valence electrons. The van der Waals surface area contributed by atoms with E-state index in [1.54, 1.807) is 0 Å². The van der Waals surface area contributed by atoms with Crippen LogP contribution in [0.1, 0.15) is 18.9 Å². The molecule has 0 unspecified atom stereocenters. The van der Waals surface area contributed by atoms with Crippen LogP contribution >= 0.6 is 23.8 Å². The molecule has 0 aromatic heterocycles. The molecule has 22 heavy (non-hydrogen) atoms. The number of anilines is 1. The van der Waals surface area contributed by atoms with Gasteiger partial charge in [-0.3, -0.25) is 0 Å². The van der Waals surface area contributed by atoms with E-state index < -0.39 is 0 Å². The average Bonchev–Trinajstić information content (AvgIpc) is 2.54. The molecule has 0 aliphatic heterocycles. The third-order valence-corrected chi connectivity index (χ3v) is 4.19. The van der Waals surface area contributed by atoms with Gasteiger partial charge in [0.1, 0.15) is 0 Å². The van der Waals surface area contributed by atoms with Crippen LogP contribution in [0.2, 0.25) is 5.02 Å². The molecule has 2 rings (SSSR count). The Morgan fingerprint density at radius 2 is 1.77 bits per heavy atom.